The monoisotopic (exact) mass is 190 g/mol. The standard InChI is InChI=1S/C5H14N6O2/c6-3-5(7)10-11(8)1-2-13-9-4-12/h4H,1-3,6,8H2,(H2,7,10)(H,9,12). The molecule has 0 aromatic heterocycles. The third kappa shape index (κ3) is 7.00. The quantitative estimate of drug-likeness (QED) is 0.0848. The molecule has 0 radical (unpaired) electrons. The zero-order chi connectivity index (χ0) is 10.1. The van der Waals surface area contributed by atoms with E-state index < -0.39 is 0 Å². The van der Waals surface area contributed by atoms with Gasteiger partial charge in [0.25, 0.3) is 0 Å². The van der Waals surface area contributed by atoms with Crippen LogP contribution in [0.1, 0.15) is 0 Å². The minimum absolute atomic E-state index is 0.140. The summed E-state index contributed by atoms with van der Waals surface area (Å²) in [5.74, 6) is 5.57. The van der Waals surface area contributed by atoms with Gasteiger partial charge >= 0.3 is 0 Å². The highest BCUT2D eigenvalue weighted by Gasteiger charge is 1.95. The summed E-state index contributed by atoms with van der Waals surface area (Å²) in [6, 6.07) is 0. The Labute approximate surface area is 75.6 Å². The van der Waals surface area contributed by atoms with Gasteiger partial charge in [-0.1, -0.05) is 0 Å². The van der Waals surface area contributed by atoms with Crippen molar-refractivity contribution in [2.45, 2.75) is 0 Å². The number of hydrazone groups is 1. The van der Waals surface area contributed by atoms with E-state index in [-0.39, 0.29) is 19.0 Å². The molecule has 0 aromatic carbocycles. The van der Waals surface area contributed by atoms with Crippen LogP contribution in [0.3, 0.4) is 0 Å². The first kappa shape index (κ1) is 11.6. The summed E-state index contributed by atoms with van der Waals surface area (Å²) >= 11 is 0. The smallest absolute Gasteiger partial charge is 0.230 e. The second-order valence-electron chi connectivity index (χ2n) is 2.04. The molecule has 0 aliphatic heterocycles. The van der Waals surface area contributed by atoms with Crippen LogP contribution in [-0.4, -0.2) is 37.1 Å². The van der Waals surface area contributed by atoms with E-state index in [1.165, 1.54) is 0 Å². The van der Waals surface area contributed by atoms with Crippen LogP contribution < -0.4 is 22.8 Å². The van der Waals surface area contributed by atoms with Crippen molar-refractivity contribution in [1.82, 2.24) is 10.6 Å². The fourth-order valence-corrected chi connectivity index (χ4v) is 0.488. The van der Waals surface area contributed by atoms with E-state index in [1.54, 1.807) is 0 Å². The Bertz CT molecular complexity index is 172. The lowest BCUT2D eigenvalue weighted by atomic mass is 10.6. The average molecular weight is 190 g/mol. The highest BCUT2D eigenvalue weighted by atomic mass is 16.6. The summed E-state index contributed by atoms with van der Waals surface area (Å²) in [7, 11) is 0. The van der Waals surface area contributed by atoms with Crippen molar-refractivity contribution >= 4 is 12.2 Å². The van der Waals surface area contributed by atoms with Gasteiger partial charge in [-0.25, -0.2) is 16.4 Å². The number of rotatable bonds is 7. The number of nitrogens with two attached hydrogens (primary N) is 3. The molecule has 0 unspecified atom stereocenters. The second-order valence-corrected chi connectivity index (χ2v) is 2.04. The lowest BCUT2D eigenvalue weighted by molar-refractivity contribution is -0.121. The number of hydrazine groups is 1. The molecular weight excluding hydrogens is 176 g/mol. The normalized spacial score (nSPS) is 11.1. The molecule has 0 atom stereocenters. The molecule has 0 spiro atoms. The van der Waals surface area contributed by atoms with Crippen LogP contribution in [0.25, 0.3) is 0 Å². The predicted octanol–water partition coefficient (Wildman–Crippen LogP) is -2.93. The number of amides is 1. The Morgan fingerprint density at radius 3 is 2.92 bits per heavy atom. The molecule has 0 rings (SSSR count). The number of carbonyl (C=O) groups excluding carboxylic acids is 1. The largest absolute Gasteiger partial charge is 0.385 e. The number of hydrogen-bond donors (Lipinski definition) is 4. The first-order chi connectivity index (χ1) is 6.20. The second kappa shape index (κ2) is 7.28. The van der Waals surface area contributed by atoms with Crippen molar-refractivity contribution in [2.75, 3.05) is 19.7 Å². The maximum Gasteiger partial charge on any atom is 0.230 e. The molecule has 76 valence electrons. The number of nitrogens with one attached hydrogen (secondary N) is 1. The molecule has 0 aromatic rings. The van der Waals surface area contributed by atoms with Gasteiger partial charge in [-0.2, -0.15) is 0 Å². The van der Waals surface area contributed by atoms with Gasteiger partial charge in [0.1, 0.15) is 5.84 Å². The first-order valence-corrected chi connectivity index (χ1v) is 3.57. The summed E-state index contributed by atoms with van der Waals surface area (Å²) in [5.41, 5.74) is 12.5. The van der Waals surface area contributed by atoms with Gasteiger partial charge < -0.3 is 11.5 Å². The van der Waals surface area contributed by atoms with E-state index in [2.05, 4.69) is 9.94 Å². The molecule has 0 bridgehead atoms. The van der Waals surface area contributed by atoms with Gasteiger partial charge in [-0.3, -0.25) is 9.63 Å². The van der Waals surface area contributed by atoms with Crippen LogP contribution in [0.4, 0.5) is 0 Å². The van der Waals surface area contributed by atoms with Crippen molar-refractivity contribution in [3.63, 3.8) is 0 Å². The molecule has 1 amide bonds. The summed E-state index contributed by atoms with van der Waals surface area (Å²) in [4.78, 5) is 14.3. The van der Waals surface area contributed by atoms with Gasteiger partial charge in [0.15, 0.2) is 0 Å². The molecule has 0 fully saturated rings. The predicted molar refractivity (Wildman–Crippen MR) is 46.7 cm³/mol. The van der Waals surface area contributed by atoms with Gasteiger partial charge in [0, 0.05) is 0 Å². The van der Waals surface area contributed by atoms with Crippen molar-refractivity contribution in [3.8, 4) is 0 Å². The van der Waals surface area contributed by atoms with Gasteiger partial charge in [0.05, 0.1) is 19.7 Å². The van der Waals surface area contributed by atoms with E-state index in [4.69, 9.17) is 17.3 Å². The summed E-state index contributed by atoms with van der Waals surface area (Å²) in [6.07, 6.45) is 0.415. The van der Waals surface area contributed by atoms with E-state index in [0.29, 0.717) is 13.0 Å². The number of amidine groups is 1. The van der Waals surface area contributed by atoms with E-state index >= 15 is 0 Å². The highest BCUT2D eigenvalue weighted by Crippen LogP contribution is 1.78. The molecule has 0 heterocycles. The maximum absolute atomic E-state index is 9.73. The Hall–Kier alpha value is -1.38. The summed E-state index contributed by atoms with van der Waals surface area (Å²) in [6.45, 7) is 0.638. The van der Waals surface area contributed by atoms with Gasteiger partial charge in [0.2, 0.25) is 6.41 Å². The van der Waals surface area contributed by atoms with Gasteiger partial charge in [-0.15, -0.1) is 5.10 Å². The van der Waals surface area contributed by atoms with Crippen molar-refractivity contribution < 1.29 is 9.63 Å². The number of carbonyl (C=O) groups is 1. The minimum Gasteiger partial charge on any atom is -0.385 e. The van der Waals surface area contributed by atoms with Crippen LogP contribution >= 0.6 is 0 Å². The van der Waals surface area contributed by atoms with Crippen LogP contribution in [-0.2, 0) is 9.63 Å². The SMILES string of the molecule is NC/C(N)=N/N(N)CCONC=O. The third-order valence-corrected chi connectivity index (χ3v) is 1.02. The molecular formula is C5H14N6O2. The molecule has 13 heavy (non-hydrogen) atoms. The molecule has 8 heteroatoms. The number of hydroxylamine groups is 1. The summed E-state index contributed by atoms with van der Waals surface area (Å²) < 4.78 is 0. The third-order valence-electron chi connectivity index (χ3n) is 1.02. The van der Waals surface area contributed by atoms with E-state index in [9.17, 15) is 4.79 Å². The van der Waals surface area contributed by atoms with Crippen LogP contribution in [0, 0.1) is 0 Å². The van der Waals surface area contributed by atoms with Crippen LogP contribution in [0.15, 0.2) is 5.10 Å². The lowest BCUT2D eigenvalue weighted by Crippen LogP contribution is -2.35. The first-order valence-electron chi connectivity index (χ1n) is 3.57. The fraction of sp³-hybridized carbons (Fsp3) is 0.600. The molecule has 8 nitrogen and oxygen atoms in total. The molecule has 0 aliphatic rings. The molecule has 0 saturated heterocycles. The fourth-order valence-electron chi connectivity index (χ4n) is 0.488. The Balaban J connectivity index is 3.50. The van der Waals surface area contributed by atoms with E-state index in [1.807, 2.05) is 5.48 Å². The number of hydrogen-bond acceptors (Lipinski definition) is 6. The lowest BCUT2D eigenvalue weighted by Gasteiger charge is -2.12. The molecule has 7 N–H and O–H groups in total. The highest BCUT2D eigenvalue weighted by molar-refractivity contribution is 5.81. The Morgan fingerprint density at radius 1 is 1.69 bits per heavy atom. The van der Waals surface area contributed by atoms with Gasteiger partial charge in [-0.05, 0) is 0 Å². The van der Waals surface area contributed by atoms with E-state index in [0.717, 1.165) is 5.12 Å². The average Bonchev–Trinajstić information content (AvgIpc) is 2.12. The zero-order valence-corrected chi connectivity index (χ0v) is 7.14. The Kier molecular flexibility index (Phi) is 6.51. The van der Waals surface area contributed by atoms with Crippen molar-refractivity contribution in [3.05, 3.63) is 0 Å². The van der Waals surface area contributed by atoms with Crippen molar-refractivity contribution in [2.24, 2.45) is 22.4 Å². The van der Waals surface area contributed by atoms with Crippen LogP contribution in [0.5, 0.6) is 0 Å². The van der Waals surface area contributed by atoms with Crippen LogP contribution in [0.2, 0.25) is 0 Å². The van der Waals surface area contributed by atoms with Crippen molar-refractivity contribution in [1.29, 1.82) is 0 Å². The topological polar surface area (TPSA) is 132 Å². The maximum atomic E-state index is 9.73. The minimum atomic E-state index is 0.140. The Morgan fingerprint density at radius 2 is 2.38 bits per heavy atom. The number of nitrogens with zero attached hydrogens (tertiary/aromatic N) is 2. The molecule has 0 saturated carbocycles. The molecule has 0 aliphatic carbocycles. The zero-order valence-electron chi connectivity index (χ0n) is 7.14. The summed E-state index contributed by atoms with van der Waals surface area (Å²) in [5, 5.41) is 4.76.